The molecular formula is C31H42N2O4. The van der Waals surface area contributed by atoms with Gasteiger partial charge in [-0.15, -0.1) is 0 Å². The van der Waals surface area contributed by atoms with Gasteiger partial charge in [-0.05, 0) is 54.6 Å². The van der Waals surface area contributed by atoms with E-state index in [0.717, 1.165) is 43.1 Å². The molecule has 1 unspecified atom stereocenters. The fraction of sp³-hybridized carbons (Fsp3) is 0.516. The fourth-order valence-corrected chi connectivity index (χ4v) is 4.82. The first-order valence-corrected chi connectivity index (χ1v) is 13.3. The molecule has 200 valence electrons. The molecular weight excluding hydrogens is 464 g/mol. The quantitative estimate of drug-likeness (QED) is 0.153. The van der Waals surface area contributed by atoms with Crippen LogP contribution in [0.5, 0.6) is 5.88 Å². The molecule has 6 nitrogen and oxygen atoms in total. The Kier molecular flexibility index (Phi) is 9.52. The molecule has 6 heteroatoms. The maximum absolute atomic E-state index is 12.4. The standard InChI is InChI=1S/C31H42N2O4/c1-22(31(5,6)21-30(2,3)4)28(32)36-17-13-8-7-12-16-35-27-19-24-18-25(23-14-10-9-11-15-23)29(34)37-26(24)20-33-27/h9-11,14-15,18-20,22,32H,7-8,12-13,16-17,21H2,1-6H3. The van der Waals surface area contributed by atoms with Gasteiger partial charge in [0.15, 0.2) is 11.5 Å². The van der Waals surface area contributed by atoms with Crippen LogP contribution in [0, 0.1) is 22.2 Å². The lowest BCUT2D eigenvalue weighted by atomic mass is 9.69. The number of aromatic nitrogens is 1. The zero-order chi connectivity index (χ0) is 27.1. The molecule has 1 aromatic carbocycles. The normalized spacial score (nSPS) is 12.9. The molecule has 0 aliphatic rings. The number of rotatable bonds is 12. The number of nitrogens with zero attached hydrogens (tertiary/aromatic N) is 1. The summed E-state index contributed by atoms with van der Waals surface area (Å²) in [6.07, 6.45) is 6.45. The largest absolute Gasteiger partial charge is 0.481 e. The lowest BCUT2D eigenvalue weighted by Gasteiger charge is -2.37. The first-order chi connectivity index (χ1) is 17.5. The second-order valence-electron chi connectivity index (χ2n) is 11.8. The zero-order valence-corrected chi connectivity index (χ0v) is 23.2. The molecule has 0 aliphatic carbocycles. The Bertz CT molecular complexity index is 1230. The fourth-order valence-electron chi connectivity index (χ4n) is 4.82. The lowest BCUT2D eigenvalue weighted by Crippen LogP contribution is -2.33. The van der Waals surface area contributed by atoms with E-state index < -0.39 is 0 Å². The third-order valence-electron chi connectivity index (χ3n) is 6.78. The molecule has 1 N–H and O–H groups in total. The van der Waals surface area contributed by atoms with Crippen molar-refractivity contribution in [3.63, 3.8) is 0 Å². The van der Waals surface area contributed by atoms with E-state index in [1.54, 1.807) is 0 Å². The Morgan fingerprint density at radius 1 is 1.00 bits per heavy atom. The number of fused-ring (bicyclic) bond motifs is 1. The van der Waals surface area contributed by atoms with Crippen LogP contribution in [0.25, 0.3) is 22.1 Å². The summed E-state index contributed by atoms with van der Waals surface area (Å²) < 4.78 is 17.1. The van der Waals surface area contributed by atoms with Gasteiger partial charge in [-0.3, -0.25) is 5.41 Å². The van der Waals surface area contributed by atoms with Crippen LogP contribution in [-0.2, 0) is 4.74 Å². The predicted molar refractivity (Wildman–Crippen MR) is 150 cm³/mol. The van der Waals surface area contributed by atoms with Crippen molar-refractivity contribution >= 4 is 16.9 Å². The lowest BCUT2D eigenvalue weighted by molar-refractivity contribution is 0.151. The molecule has 0 spiro atoms. The van der Waals surface area contributed by atoms with Crippen LogP contribution < -0.4 is 10.4 Å². The molecule has 0 radical (unpaired) electrons. The van der Waals surface area contributed by atoms with Crippen molar-refractivity contribution in [1.82, 2.24) is 4.98 Å². The monoisotopic (exact) mass is 506 g/mol. The topological polar surface area (TPSA) is 85.4 Å². The van der Waals surface area contributed by atoms with Gasteiger partial charge in [0.1, 0.15) is 0 Å². The van der Waals surface area contributed by atoms with E-state index in [2.05, 4.69) is 46.5 Å². The highest BCUT2D eigenvalue weighted by Gasteiger charge is 2.34. The van der Waals surface area contributed by atoms with E-state index >= 15 is 0 Å². The number of ether oxygens (including phenoxy) is 2. The highest BCUT2D eigenvalue weighted by atomic mass is 16.5. The van der Waals surface area contributed by atoms with Crippen molar-refractivity contribution in [2.75, 3.05) is 13.2 Å². The van der Waals surface area contributed by atoms with Gasteiger partial charge in [0.05, 0.1) is 25.0 Å². The van der Waals surface area contributed by atoms with Crippen LogP contribution in [-0.4, -0.2) is 24.1 Å². The number of hydrogen-bond donors (Lipinski definition) is 1. The zero-order valence-electron chi connectivity index (χ0n) is 23.2. The molecule has 2 heterocycles. The molecule has 0 saturated carbocycles. The van der Waals surface area contributed by atoms with Crippen LogP contribution in [0.2, 0.25) is 0 Å². The van der Waals surface area contributed by atoms with E-state index in [1.165, 1.54) is 6.20 Å². The number of benzene rings is 1. The van der Waals surface area contributed by atoms with Gasteiger partial charge in [0.2, 0.25) is 5.88 Å². The third kappa shape index (κ3) is 8.44. The van der Waals surface area contributed by atoms with Crippen molar-refractivity contribution in [2.24, 2.45) is 16.7 Å². The van der Waals surface area contributed by atoms with Crippen molar-refractivity contribution < 1.29 is 13.9 Å². The molecule has 0 saturated heterocycles. The smallest absolute Gasteiger partial charge is 0.344 e. The van der Waals surface area contributed by atoms with Gasteiger partial charge >= 0.3 is 5.63 Å². The minimum absolute atomic E-state index is 0.0257. The second-order valence-corrected chi connectivity index (χ2v) is 11.8. The van der Waals surface area contributed by atoms with E-state index in [1.807, 2.05) is 42.5 Å². The maximum Gasteiger partial charge on any atom is 0.344 e. The molecule has 0 fully saturated rings. The molecule has 3 rings (SSSR count). The molecule has 0 aliphatic heterocycles. The van der Waals surface area contributed by atoms with Gasteiger partial charge in [-0.1, -0.05) is 71.9 Å². The average molecular weight is 507 g/mol. The first-order valence-electron chi connectivity index (χ1n) is 13.3. The van der Waals surface area contributed by atoms with Crippen LogP contribution >= 0.6 is 0 Å². The SMILES string of the molecule is CC(C(=N)OCCCCCCOc1cc2cc(-c3ccccc3)c(=O)oc2cn1)C(C)(C)CC(C)(C)C. The van der Waals surface area contributed by atoms with Crippen LogP contribution in [0.1, 0.15) is 73.6 Å². The predicted octanol–water partition coefficient (Wildman–Crippen LogP) is 7.89. The average Bonchev–Trinajstić information content (AvgIpc) is 2.83. The van der Waals surface area contributed by atoms with E-state index in [-0.39, 0.29) is 22.4 Å². The molecule has 2 aromatic heterocycles. The van der Waals surface area contributed by atoms with Gasteiger partial charge < -0.3 is 13.9 Å². The van der Waals surface area contributed by atoms with E-state index in [9.17, 15) is 4.79 Å². The van der Waals surface area contributed by atoms with Crippen molar-refractivity contribution in [3.05, 3.63) is 59.1 Å². The number of pyridine rings is 1. The van der Waals surface area contributed by atoms with Crippen molar-refractivity contribution in [3.8, 4) is 17.0 Å². The molecule has 1 atom stereocenters. The Morgan fingerprint density at radius 3 is 2.35 bits per heavy atom. The Morgan fingerprint density at radius 2 is 1.68 bits per heavy atom. The highest BCUT2D eigenvalue weighted by molar-refractivity contribution is 5.81. The molecule has 37 heavy (non-hydrogen) atoms. The van der Waals surface area contributed by atoms with Crippen molar-refractivity contribution in [2.45, 2.75) is 73.6 Å². The molecule has 0 amide bonds. The highest BCUT2D eigenvalue weighted by Crippen LogP contribution is 2.39. The summed E-state index contributed by atoms with van der Waals surface area (Å²) in [5.74, 6) is 1.00. The summed E-state index contributed by atoms with van der Waals surface area (Å²) in [5, 5.41) is 9.14. The minimum atomic E-state index is -0.378. The van der Waals surface area contributed by atoms with Crippen LogP contribution in [0.4, 0.5) is 0 Å². The number of nitrogens with one attached hydrogen (secondary N) is 1. The van der Waals surface area contributed by atoms with Gasteiger partial charge in [-0.2, -0.15) is 0 Å². The second kappa shape index (κ2) is 12.4. The third-order valence-corrected chi connectivity index (χ3v) is 6.78. The van der Waals surface area contributed by atoms with E-state index in [0.29, 0.717) is 36.1 Å². The molecule has 3 aromatic rings. The maximum atomic E-state index is 12.4. The number of unbranched alkanes of at least 4 members (excludes halogenated alkanes) is 3. The Labute approximate surface area is 220 Å². The molecule has 0 bridgehead atoms. The summed E-state index contributed by atoms with van der Waals surface area (Å²) >= 11 is 0. The summed E-state index contributed by atoms with van der Waals surface area (Å²) in [7, 11) is 0. The van der Waals surface area contributed by atoms with Crippen LogP contribution in [0.3, 0.4) is 0 Å². The summed E-state index contributed by atoms with van der Waals surface area (Å²) in [4.78, 5) is 16.6. The van der Waals surface area contributed by atoms with Gasteiger partial charge in [0, 0.05) is 17.4 Å². The summed E-state index contributed by atoms with van der Waals surface area (Å²) in [6.45, 7) is 14.4. The summed E-state index contributed by atoms with van der Waals surface area (Å²) in [6, 6.07) is 13.1. The Balaban J connectivity index is 1.39. The van der Waals surface area contributed by atoms with Crippen molar-refractivity contribution in [1.29, 1.82) is 5.41 Å². The van der Waals surface area contributed by atoms with Gasteiger partial charge in [0.25, 0.3) is 0 Å². The first kappa shape index (κ1) is 28.4. The van der Waals surface area contributed by atoms with Crippen LogP contribution in [0.15, 0.2) is 57.9 Å². The Hall–Kier alpha value is -3.15. The minimum Gasteiger partial charge on any atom is -0.481 e. The van der Waals surface area contributed by atoms with Gasteiger partial charge in [-0.25, -0.2) is 9.78 Å². The number of hydrogen-bond acceptors (Lipinski definition) is 6. The van der Waals surface area contributed by atoms with E-state index in [4.69, 9.17) is 19.3 Å². The summed E-state index contributed by atoms with van der Waals surface area (Å²) in [5.41, 5.74) is 1.66.